The Hall–Kier alpha value is -3.15. The second kappa shape index (κ2) is 8.25. The predicted octanol–water partition coefficient (Wildman–Crippen LogP) is 2.98. The molecule has 1 aliphatic rings. The second-order valence-electron chi connectivity index (χ2n) is 7.05. The summed E-state index contributed by atoms with van der Waals surface area (Å²) in [5, 5.41) is 9.60. The molecule has 2 aromatic carbocycles. The molecule has 28 heavy (non-hydrogen) atoms. The average molecular weight is 381 g/mol. The Morgan fingerprint density at radius 3 is 2.43 bits per heavy atom. The molecule has 146 valence electrons. The SMILES string of the molecule is CC(=O)c1cccc(OC(C)C(=O)N2CC(C(=O)O)C(c3ccccc3)C2)c1. The topological polar surface area (TPSA) is 83.9 Å². The molecule has 0 spiro atoms. The lowest BCUT2D eigenvalue weighted by molar-refractivity contribution is -0.142. The number of amides is 1. The molecular formula is C22H23NO5. The van der Waals surface area contributed by atoms with Gasteiger partial charge in [-0.15, -0.1) is 0 Å². The summed E-state index contributed by atoms with van der Waals surface area (Å²) in [6.45, 7) is 3.58. The number of carboxylic acid groups (broad SMARTS) is 1. The molecule has 1 amide bonds. The van der Waals surface area contributed by atoms with Crippen molar-refractivity contribution >= 4 is 17.7 Å². The molecule has 3 atom stereocenters. The molecule has 3 rings (SSSR count). The smallest absolute Gasteiger partial charge is 0.308 e. The van der Waals surface area contributed by atoms with Gasteiger partial charge in [0.25, 0.3) is 5.91 Å². The third kappa shape index (κ3) is 4.22. The van der Waals surface area contributed by atoms with E-state index < -0.39 is 18.0 Å². The molecule has 0 radical (unpaired) electrons. The molecule has 1 heterocycles. The molecule has 0 saturated carbocycles. The van der Waals surface area contributed by atoms with Crippen molar-refractivity contribution in [2.24, 2.45) is 5.92 Å². The maximum atomic E-state index is 12.9. The van der Waals surface area contributed by atoms with Crippen LogP contribution in [-0.2, 0) is 9.59 Å². The van der Waals surface area contributed by atoms with Crippen LogP contribution in [0.5, 0.6) is 5.75 Å². The molecule has 0 aliphatic carbocycles. The molecule has 2 aromatic rings. The zero-order valence-electron chi connectivity index (χ0n) is 15.9. The minimum Gasteiger partial charge on any atom is -0.481 e. The zero-order valence-corrected chi connectivity index (χ0v) is 15.9. The minimum atomic E-state index is -0.910. The first kappa shape index (κ1) is 19.6. The van der Waals surface area contributed by atoms with E-state index in [9.17, 15) is 19.5 Å². The number of rotatable bonds is 6. The largest absolute Gasteiger partial charge is 0.481 e. The molecular weight excluding hydrogens is 358 g/mol. The summed E-state index contributed by atoms with van der Waals surface area (Å²) in [4.78, 5) is 37.6. The highest BCUT2D eigenvalue weighted by Crippen LogP contribution is 2.33. The number of carbonyl (C=O) groups is 3. The summed E-state index contributed by atoms with van der Waals surface area (Å²) >= 11 is 0. The highest BCUT2D eigenvalue weighted by atomic mass is 16.5. The molecule has 6 heteroatoms. The molecule has 1 aliphatic heterocycles. The van der Waals surface area contributed by atoms with Crippen LogP contribution < -0.4 is 4.74 Å². The number of carbonyl (C=O) groups excluding carboxylic acids is 2. The van der Waals surface area contributed by atoms with Crippen LogP contribution in [0.4, 0.5) is 0 Å². The van der Waals surface area contributed by atoms with Crippen molar-refractivity contribution in [3.8, 4) is 5.75 Å². The monoisotopic (exact) mass is 381 g/mol. The van der Waals surface area contributed by atoms with E-state index in [0.717, 1.165) is 5.56 Å². The Morgan fingerprint density at radius 1 is 1.07 bits per heavy atom. The van der Waals surface area contributed by atoms with Crippen LogP contribution in [0.3, 0.4) is 0 Å². The number of Topliss-reactive ketones (excluding diaryl/α,β-unsaturated/α-hetero) is 1. The first-order chi connectivity index (χ1) is 13.4. The van der Waals surface area contributed by atoms with Crippen molar-refractivity contribution in [1.29, 1.82) is 0 Å². The van der Waals surface area contributed by atoms with E-state index in [1.54, 1.807) is 36.1 Å². The number of ketones is 1. The normalized spacial score (nSPS) is 19.9. The maximum Gasteiger partial charge on any atom is 0.308 e. The number of aliphatic carboxylic acids is 1. The van der Waals surface area contributed by atoms with Gasteiger partial charge in [0.2, 0.25) is 0 Å². The summed E-state index contributed by atoms with van der Waals surface area (Å²) < 4.78 is 5.73. The molecule has 0 aromatic heterocycles. The van der Waals surface area contributed by atoms with Crippen LogP contribution in [0, 0.1) is 5.92 Å². The fourth-order valence-corrected chi connectivity index (χ4v) is 3.57. The lowest BCUT2D eigenvalue weighted by Gasteiger charge is -2.22. The third-order valence-corrected chi connectivity index (χ3v) is 5.08. The molecule has 1 fully saturated rings. The third-order valence-electron chi connectivity index (χ3n) is 5.08. The van der Waals surface area contributed by atoms with Gasteiger partial charge in [-0.2, -0.15) is 0 Å². The van der Waals surface area contributed by atoms with E-state index in [-0.39, 0.29) is 24.2 Å². The number of benzene rings is 2. The molecule has 6 nitrogen and oxygen atoms in total. The highest BCUT2D eigenvalue weighted by molar-refractivity contribution is 5.94. The Bertz CT molecular complexity index is 880. The number of hydrogen-bond acceptors (Lipinski definition) is 4. The zero-order chi connectivity index (χ0) is 20.3. The van der Waals surface area contributed by atoms with E-state index in [2.05, 4.69) is 0 Å². The Kier molecular flexibility index (Phi) is 5.78. The number of hydrogen-bond donors (Lipinski definition) is 1. The van der Waals surface area contributed by atoms with Crippen LogP contribution >= 0.6 is 0 Å². The number of ether oxygens (including phenoxy) is 1. The van der Waals surface area contributed by atoms with E-state index in [1.807, 2.05) is 30.3 Å². The summed E-state index contributed by atoms with van der Waals surface area (Å²) in [7, 11) is 0. The van der Waals surface area contributed by atoms with E-state index >= 15 is 0 Å². The summed E-state index contributed by atoms with van der Waals surface area (Å²) in [6, 6.07) is 16.1. The van der Waals surface area contributed by atoms with E-state index in [1.165, 1.54) is 6.92 Å². The van der Waals surface area contributed by atoms with Gasteiger partial charge in [-0.1, -0.05) is 42.5 Å². The van der Waals surface area contributed by atoms with Crippen LogP contribution in [0.25, 0.3) is 0 Å². The van der Waals surface area contributed by atoms with Gasteiger partial charge in [-0.3, -0.25) is 14.4 Å². The molecule has 3 unspecified atom stereocenters. The second-order valence-corrected chi connectivity index (χ2v) is 7.05. The van der Waals surface area contributed by atoms with Crippen molar-refractivity contribution in [3.05, 3.63) is 65.7 Å². The Morgan fingerprint density at radius 2 is 1.79 bits per heavy atom. The number of nitrogens with zero attached hydrogens (tertiary/aromatic N) is 1. The van der Waals surface area contributed by atoms with Gasteiger partial charge in [-0.25, -0.2) is 0 Å². The first-order valence-electron chi connectivity index (χ1n) is 9.21. The maximum absolute atomic E-state index is 12.9. The number of likely N-dealkylation sites (tertiary alicyclic amines) is 1. The predicted molar refractivity (Wildman–Crippen MR) is 103 cm³/mol. The minimum absolute atomic E-state index is 0.0843. The van der Waals surface area contributed by atoms with E-state index in [0.29, 0.717) is 17.9 Å². The first-order valence-corrected chi connectivity index (χ1v) is 9.21. The summed E-state index contributed by atoms with van der Waals surface area (Å²) in [5.74, 6) is -1.73. The summed E-state index contributed by atoms with van der Waals surface area (Å²) in [6.07, 6.45) is -0.786. The fraction of sp³-hybridized carbons (Fsp3) is 0.318. The highest BCUT2D eigenvalue weighted by Gasteiger charge is 2.41. The van der Waals surface area contributed by atoms with Gasteiger partial charge < -0.3 is 14.7 Å². The molecule has 1 saturated heterocycles. The lowest BCUT2D eigenvalue weighted by Crippen LogP contribution is -2.39. The van der Waals surface area contributed by atoms with Crippen LogP contribution in [0.15, 0.2) is 54.6 Å². The summed E-state index contributed by atoms with van der Waals surface area (Å²) in [5.41, 5.74) is 1.42. The van der Waals surface area contributed by atoms with Gasteiger partial charge in [0.15, 0.2) is 11.9 Å². The Balaban J connectivity index is 1.72. The standard InChI is InChI=1S/C22H23NO5/c1-14(24)17-9-6-10-18(11-17)28-15(2)21(25)23-12-19(20(13-23)22(26)27)16-7-4-3-5-8-16/h3-11,15,19-20H,12-13H2,1-2H3,(H,26,27). The van der Waals surface area contributed by atoms with Crippen molar-refractivity contribution < 1.29 is 24.2 Å². The fourth-order valence-electron chi connectivity index (χ4n) is 3.57. The van der Waals surface area contributed by atoms with Crippen LogP contribution in [-0.4, -0.2) is 46.9 Å². The van der Waals surface area contributed by atoms with Gasteiger partial charge in [-0.05, 0) is 31.5 Å². The van der Waals surface area contributed by atoms with Gasteiger partial charge >= 0.3 is 5.97 Å². The van der Waals surface area contributed by atoms with E-state index in [4.69, 9.17) is 4.74 Å². The van der Waals surface area contributed by atoms with Gasteiger partial charge in [0.1, 0.15) is 5.75 Å². The lowest BCUT2D eigenvalue weighted by atomic mass is 9.89. The molecule has 1 N–H and O–H groups in total. The van der Waals surface area contributed by atoms with Crippen molar-refractivity contribution in [2.75, 3.05) is 13.1 Å². The van der Waals surface area contributed by atoms with Crippen LogP contribution in [0.1, 0.15) is 35.7 Å². The number of carboxylic acids is 1. The average Bonchev–Trinajstić information content (AvgIpc) is 3.14. The van der Waals surface area contributed by atoms with Crippen molar-refractivity contribution in [1.82, 2.24) is 4.90 Å². The van der Waals surface area contributed by atoms with Crippen molar-refractivity contribution in [2.45, 2.75) is 25.9 Å². The molecule has 0 bridgehead atoms. The van der Waals surface area contributed by atoms with Crippen LogP contribution in [0.2, 0.25) is 0 Å². The van der Waals surface area contributed by atoms with Gasteiger partial charge in [0, 0.05) is 24.6 Å². The Labute approximate surface area is 163 Å². The quantitative estimate of drug-likeness (QED) is 0.778. The van der Waals surface area contributed by atoms with Gasteiger partial charge in [0.05, 0.1) is 5.92 Å². The van der Waals surface area contributed by atoms with Crippen molar-refractivity contribution in [3.63, 3.8) is 0 Å².